The molecule has 0 atom stereocenters. The van der Waals surface area contributed by atoms with E-state index in [1.807, 2.05) is 0 Å². The number of hydrogen-bond acceptors (Lipinski definition) is 2. The average molecular weight is 357 g/mol. The van der Waals surface area contributed by atoms with Crippen molar-refractivity contribution in [2.24, 2.45) is 17.8 Å². The molecule has 0 aromatic carbocycles. The van der Waals surface area contributed by atoms with Crippen LogP contribution in [0.5, 0.6) is 0 Å². The molecule has 26 heavy (non-hydrogen) atoms. The van der Waals surface area contributed by atoms with Gasteiger partial charge in [0.15, 0.2) is 0 Å². The molecule has 0 saturated heterocycles. The predicted molar refractivity (Wildman–Crippen MR) is 110 cm³/mol. The first-order valence-corrected chi connectivity index (χ1v) is 11.6. The van der Waals surface area contributed by atoms with Crippen LogP contribution in [0.2, 0.25) is 0 Å². The third kappa shape index (κ3) is 5.79. The lowest BCUT2D eigenvalue weighted by atomic mass is 9.75. The number of hydrogen-bond donors (Lipinski definition) is 0. The Hall–Kier alpha value is -0.920. The molecule has 2 nitrogen and oxygen atoms in total. The Morgan fingerprint density at radius 1 is 0.692 bits per heavy atom. The molecule has 1 aromatic heterocycles. The van der Waals surface area contributed by atoms with Crippen LogP contribution in [0.3, 0.4) is 0 Å². The van der Waals surface area contributed by atoms with Crippen LogP contribution in [0.4, 0.5) is 0 Å². The SMILES string of the molecule is CCCc1cnc(C2CCC(CCC3CCC(CCC)CC3)CC2)nc1. The maximum Gasteiger partial charge on any atom is 0.131 e. The molecule has 2 aliphatic carbocycles. The highest BCUT2D eigenvalue weighted by molar-refractivity contribution is 5.08. The van der Waals surface area contributed by atoms with Crippen LogP contribution in [0.15, 0.2) is 12.4 Å². The van der Waals surface area contributed by atoms with Gasteiger partial charge in [-0.15, -0.1) is 0 Å². The Bertz CT molecular complexity index is 493. The van der Waals surface area contributed by atoms with E-state index in [4.69, 9.17) is 0 Å². The summed E-state index contributed by atoms with van der Waals surface area (Å²) in [6.45, 7) is 4.55. The van der Waals surface area contributed by atoms with Crippen LogP contribution in [-0.2, 0) is 6.42 Å². The van der Waals surface area contributed by atoms with Gasteiger partial charge in [0.25, 0.3) is 0 Å². The molecule has 0 aliphatic heterocycles. The largest absolute Gasteiger partial charge is 0.241 e. The molecule has 2 aliphatic rings. The summed E-state index contributed by atoms with van der Waals surface area (Å²) >= 11 is 0. The molecule has 3 rings (SSSR count). The topological polar surface area (TPSA) is 25.8 Å². The van der Waals surface area contributed by atoms with Crippen LogP contribution in [-0.4, -0.2) is 9.97 Å². The maximum atomic E-state index is 4.68. The van der Waals surface area contributed by atoms with Gasteiger partial charge in [0.2, 0.25) is 0 Å². The zero-order valence-electron chi connectivity index (χ0n) is 17.3. The fraction of sp³-hybridized carbons (Fsp3) is 0.833. The van der Waals surface area contributed by atoms with Crippen LogP contribution < -0.4 is 0 Å². The molecule has 146 valence electrons. The smallest absolute Gasteiger partial charge is 0.131 e. The van der Waals surface area contributed by atoms with Gasteiger partial charge in [-0.2, -0.15) is 0 Å². The molecule has 0 bridgehead atoms. The van der Waals surface area contributed by atoms with E-state index in [9.17, 15) is 0 Å². The van der Waals surface area contributed by atoms with Gasteiger partial charge in [-0.3, -0.25) is 0 Å². The minimum Gasteiger partial charge on any atom is -0.241 e. The molecule has 1 heterocycles. The molecule has 1 aromatic rings. The molecule has 2 fully saturated rings. The quantitative estimate of drug-likeness (QED) is 0.497. The first-order chi connectivity index (χ1) is 12.8. The highest BCUT2D eigenvalue weighted by atomic mass is 14.9. The normalized spacial score (nSPS) is 29.6. The second-order valence-electron chi connectivity index (χ2n) is 9.17. The molecular weight excluding hydrogens is 316 g/mol. The Morgan fingerprint density at radius 3 is 1.69 bits per heavy atom. The van der Waals surface area contributed by atoms with Gasteiger partial charge in [-0.25, -0.2) is 9.97 Å². The average Bonchev–Trinajstić information content (AvgIpc) is 2.69. The van der Waals surface area contributed by atoms with Crippen molar-refractivity contribution in [2.75, 3.05) is 0 Å². The summed E-state index contributed by atoms with van der Waals surface area (Å²) in [7, 11) is 0. The van der Waals surface area contributed by atoms with Gasteiger partial charge in [0.1, 0.15) is 5.82 Å². The number of aryl methyl sites for hydroxylation is 1. The van der Waals surface area contributed by atoms with Crippen molar-refractivity contribution < 1.29 is 0 Å². The Kier molecular flexibility index (Phi) is 7.95. The van der Waals surface area contributed by atoms with Crippen LogP contribution in [0.25, 0.3) is 0 Å². The summed E-state index contributed by atoms with van der Waals surface area (Å²) in [5.41, 5.74) is 1.29. The van der Waals surface area contributed by atoms with Gasteiger partial charge >= 0.3 is 0 Å². The monoisotopic (exact) mass is 356 g/mol. The zero-order chi connectivity index (χ0) is 18.2. The third-order valence-corrected chi connectivity index (χ3v) is 7.12. The second kappa shape index (κ2) is 10.4. The molecular formula is C24H40N2. The molecule has 2 saturated carbocycles. The van der Waals surface area contributed by atoms with Crippen LogP contribution >= 0.6 is 0 Å². The number of rotatable bonds is 8. The Labute approximate surface area is 161 Å². The molecule has 0 unspecified atom stereocenters. The number of nitrogens with zero attached hydrogens (tertiary/aromatic N) is 2. The van der Waals surface area contributed by atoms with E-state index in [1.165, 1.54) is 89.0 Å². The minimum absolute atomic E-state index is 0.617. The molecule has 0 amide bonds. The standard InChI is InChI=1S/C24H40N2/c1-3-5-19-7-9-20(10-8-19)11-12-21-13-15-23(16-14-21)24-25-17-22(6-4-2)18-26-24/h17-21,23H,3-16H2,1-2H3. The van der Waals surface area contributed by atoms with Gasteiger partial charge < -0.3 is 0 Å². The summed E-state index contributed by atoms with van der Waals surface area (Å²) in [5, 5.41) is 0. The summed E-state index contributed by atoms with van der Waals surface area (Å²) in [6, 6.07) is 0. The second-order valence-corrected chi connectivity index (χ2v) is 9.17. The van der Waals surface area contributed by atoms with Crippen molar-refractivity contribution in [3.63, 3.8) is 0 Å². The van der Waals surface area contributed by atoms with Crippen molar-refractivity contribution in [3.05, 3.63) is 23.8 Å². The predicted octanol–water partition coefficient (Wildman–Crippen LogP) is 7.09. The molecule has 2 heteroatoms. The summed E-state index contributed by atoms with van der Waals surface area (Å²) in [6.07, 6.45) is 23.7. The van der Waals surface area contributed by atoms with Crippen molar-refractivity contribution in [2.45, 2.75) is 110 Å². The molecule has 0 spiro atoms. The lowest BCUT2D eigenvalue weighted by Crippen LogP contribution is -2.18. The van der Waals surface area contributed by atoms with Crippen molar-refractivity contribution >= 4 is 0 Å². The highest BCUT2D eigenvalue weighted by Gasteiger charge is 2.26. The first kappa shape index (κ1) is 19.8. The van der Waals surface area contributed by atoms with Crippen LogP contribution in [0, 0.1) is 17.8 Å². The van der Waals surface area contributed by atoms with E-state index >= 15 is 0 Å². The summed E-state index contributed by atoms with van der Waals surface area (Å²) in [4.78, 5) is 9.35. The van der Waals surface area contributed by atoms with Gasteiger partial charge in [0.05, 0.1) is 0 Å². The summed E-state index contributed by atoms with van der Waals surface area (Å²) < 4.78 is 0. The van der Waals surface area contributed by atoms with E-state index in [-0.39, 0.29) is 0 Å². The van der Waals surface area contributed by atoms with Gasteiger partial charge in [-0.05, 0) is 55.4 Å². The molecule has 0 N–H and O–H groups in total. The first-order valence-electron chi connectivity index (χ1n) is 11.6. The van der Waals surface area contributed by atoms with E-state index < -0.39 is 0 Å². The van der Waals surface area contributed by atoms with E-state index in [0.29, 0.717) is 5.92 Å². The minimum atomic E-state index is 0.617. The lowest BCUT2D eigenvalue weighted by Gasteiger charge is -2.31. The fourth-order valence-corrected chi connectivity index (χ4v) is 5.39. The highest BCUT2D eigenvalue weighted by Crippen LogP contribution is 2.39. The van der Waals surface area contributed by atoms with Gasteiger partial charge in [-0.1, -0.05) is 71.6 Å². The van der Waals surface area contributed by atoms with Crippen molar-refractivity contribution in [1.29, 1.82) is 0 Å². The lowest BCUT2D eigenvalue weighted by molar-refractivity contribution is 0.223. The third-order valence-electron chi connectivity index (χ3n) is 7.12. The summed E-state index contributed by atoms with van der Waals surface area (Å²) in [5.74, 6) is 4.79. The Morgan fingerprint density at radius 2 is 1.19 bits per heavy atom. The van der Waals surface area contributed by atoms with Crippen molar-refractivity contribution in [1.82, 2.24) is 9.97 Å². The van der Waals surface area contributed by atoms with E-state index in [2.05, 4.69) is 36.2 Å². The number of aromatic nitrogens is 2. The van der Waals surface area contributed by atoms with E-state index in [0.717, 1.165) is 30.0 Å². The van der Waals surface area contributed by atoms with Gasteiger partial charge in [0, 0.05) is 18.3 Å². The Balaban J connectivity index is 1.35. The van der Waals surface area contributed by atoms with E-state index in [1.54, 1.807) is 0 Å². The molecule has 0 radical (unpaired) electrons. The van der Waals surface area contributed by atoms with Crippen LogP contribution in [0.1, 0.15) is 115 Å². The zero-order valence-corrected chi connectivity index (χ0v) is 17.3. The fourth-order valence-electron chi connectivity index (χ4n) is 5.39. The maximum absolute atomic E-state index is 4.68. The van der Waals surface area contributed by atoms with Crippen molar-refractivity contribution in [3.8, 4) is 0 Å².